The number of benzene rings is 1. The molecule has 5 heteroatoms. The highest BCUT2D eigenvalue weighted by molar-refractivity contribution is 7.10. The Bertz CT molecular complexity index is 769. The quantitative estimate of drug-likeness (QED) is 0.919. The summed E-state index contributed by atoms with van der Waals surface area (Å²) < 4.78 is 5.23. The molecule has 1 aromatic heterocycles. The number of likely N-dealkylation sites (tertiary alicyclic amines) is 1. The first-order chi connectivity index (χ1) is 12.2. The lowest BCUT2D eigenvalue weighted by atomic mass is 9.95. The van der Waals surface area contributed by atoms with Crippen LogP contribution in [0.3, 0.4) is 0 Å². The van der Waals surface area contributed by atoms with Gasteiger partial charge in [0.2, 0.25) is 0 Å². The van der Waals surface area contributed by atoms with Crippen LogP contribution < -0.4 is 10.5 Å². The predicted octanol–water partition coefficient (Wildman–Crippen LogP) is 3.20. The van der Waals surface area contributed by atoms with E-state index in [1.54, 1.807) is 18.4 Å². The minimum atomic E-state index is -0.0215. The summed E-state index contributed by atoms with van der Waals surface area (Å²) in [5.74, 6) is 1.18. The maximum Gasteiger partial charge on any atom is 0.255 e. The molecule has 4 rings (SSSR count). The molecule has 2 atom stereocenters. The molecule has 0 spiro atoms. The summed E-state index contributed by atoms with van der Waals surface area (Å²) in [4.78, 5) is 16.4. The maximum absolute atomic E-state index is 13.1. The number of carbonyl (C=O) groups excluding carboxylic acids is 1. The molecule has 1 aliphatic carbocycles. The van der Waals surface area contributed by atoms with Gasteiger partial charge in [0.05, 0.1) is 12.7 Å². The second-order valence-corrected chi connectivity index (χ2v) is 7.98. The number of hydrogen-bond donors (Lipinski definition) is 1. The van der Waals surface area contributed by atoms with Crippen LogP contribution in [0, 0.1) is 0 Å². The standard InChI is InChI=1S/C20H24N2O2S/c1-24-14-8-6-13(7-9-14)16-10-22(11-18(16)21)20(23)17-12-25-19-5-3-2-4-15(17)19/h6-9,12,16,18H,2-5,10-11,21H2,1H3. The lowest BCUT2D eigenvalue weighted by molar-refractivity contribution is 0.0788. The molecule has 1 amide bonds. The maximum atomic E-state index is 13.1. The van der Waals surface area contributed by atoms with Crippen LogP contribution in [0.1, 0.15) is 45.1 Å². The molecule has 0 saturated carbocycles. The van der Waals surface area contributed by atoms with Crippen LogP contribution in [0.5, 0.6) is 5.75 Å². The number of ether oxygens (including phenoxy) is 1. The van der Waals surface area contributed by atoms with E-state index in [-0.39, 0.29) is 17.9 Å². The van der Waals surface area contributed by atoms with E-state index in [2.05, 4.69) is 17.5 Å². The molecule has 1 saturated heterocycles. The van der Waals surface area contributed by atoms with Crippen molar-refractivity contribution < 1.29 is 9.53 Å². The Morgan fingerprint density at radius 2 is 1.96 bits per heavy atom. The molecule has 25 heavy (non-hydrogen) atoms. The number of hydrogen-bond acceptors (Lipinski definition) is 4. The molecule has 0 radical (unpaired) electrons. The summed E-state index contributed by atoms with van der Waals surface area (Å²) in [7, 11) is 1.66. The van der Waals surface area contributed by atoms with Gasteiger partial charge in [0.1, 0.15) is 5.75 Å². The van der Waals surface area contributed by atoms with Crippen LogP contribution in [0.2, 0.25) is 0 Å². The average Bonchev–Trinajstić information content (AvgIpc) is 3.25. The third kappa shape index (κ3) is 3.07. The second-order valence-electron chi connectivity index (χ2n) is 7.01. The highest BCUT2D eigenvalue weighted by atomic mass is 32.1. The van der Waals surface area contributed by atoms with Crippen LogP contribution in [0.25, 0.3) is 0 Å². The number of carbonyl (C=O) groups is 1. The van der Waals surface area contributed by atoms with E-state index in [9.17, 15) is 4.79 Å². The molecule has 1 fully saturated rings. The Hall–Kier alpha value is -1.85. The van der Waals surface area contributed by atoms with E-state index in [0.717, 1.165) is 24.2 Å². The fourth-order valence-electron chi connectivity index (χ4n) is 4.04. The largest absolute Gasteiger partial charge is 0.497 e. The number of rotatable bonds is 3. The van der Waals surface area contributed by atoms with Gasteiger partial charge in [-0.1, -0.05) is 12.1 Å². The summed E-state index contributed by atoms with van der Waals surface area (Å²) in [5.41, 5.74) is 9.77. The number of fused-ring (bicyclic) bond motifs is 1. The van der Waals surface area contributed by atoms with Gasteiger partial charge < -0.3 is 15.4 Å². The first kappa shape index (κ1) is 16.6. The Labute approximate surface area is 152 Å². The van der Waals surface area contributed by atoms with Crippen LogP contribution >= 0.6 is 11.3 Å². The normalized spacial score (nSPS) is 22.7. The fourth-order valence-corrected chi connectivity index (χ4v) is 5.16. The minimum absolute atomic E-state index is 0.0215. The van der Waals surface area contributed by atoms with Gasteiger partial charge in [-0.2, -0.15) is 0 Å². The molecule has 2 unspecified atom stereocenters. The number of nitrogens with zero attached hydrogens (tertiary/aromatic N) is 1. The number of amides is 1. The van der Waals surface area contributed by atoms with Crippen LogP contribution in [-0.2, 0) is 12.8 Å². The van der Waals surface area contributed by atoms with E-state index >= 15 is 0 Å². The molecular formula is C20H24N2O2S. The van der Waals surface area contributed by atoms with Gasteiger partial charge in [0, 0.05) is 35.3 Å². The van der Waals surface area contributed by atoms with Gasteiger partial charge in [-0.25, -0.2) is 0 Å². The van der Waals surface area contributed by atoms with Gasteiger partial charge in [0.25, 0.3) is 5.91 Å². The van der Waals surface area contributed by atoms with Crippen LogP contribution in [0.15, 0.2) is 29.6 Å². The zero-order valence-electron chi connectivity index (χ0n) is 14.5. The number of aryl methyl sites for hydroxylation is 1. The molecule has 2 aliphatic rings. The Morgan fingerprint density at radius 1 is 1.20 bits per heavy atom. The molecule has 2 aromatic rings. The van der Waals surface area contributed by atoms with E-state index in [0.29, 0.717) is 13.1 Å². The predicted molar refractivity (Wildman–Crippen MR) is 101 cm³/mol. The molecule has 4 nitrogen and oxygen atoms in total. The molecule has 1 aromatic carbocycles. The SMILES string of the molecule is COc1ccc(C2CN(C(=O)c3csc4c3CCCC4)CC2N)cc1. The first-order valence-corrected chi connectivity index (χ1v) is 9.83. The van der Waals surface area contributed by atoms with Gasteiger partial charge in [-0.15, -0.1) is 11.3 Å². The zero-order chi connectivity index (χ0) is 17.4. The summed E-state index contributed by atoms with van der Waals surface area (Å²) >= 11 is 1.75. The van der Waals surface area contributed by atoms with Crippen molar-refractivity contribution in [3.8, 4) is 5.75 Å². The second kappa shape index (κ2) is 6.81. The monoisotopic (exact) mass is 356 g/mol. The number of nitrogens with two attached hydrogens (primary N) is 1. The molecule has 2 heterocycles. The number of thiophene rings is 1. The molecule has 0 bridgehead atoms. The van der Waals surface area contributed by atoms with Crippen molar-refractivity contribution in [1.82, 2.24) is 4.90 Å². The van der Waals surface area contributed by atoms with E-state index < -0.39 is 0 Å². The summed E-state index contributed by atoms with van der Waals surface area (Å²) in [6.45, 7) is 1.32. The lowest BCUT2D eigenvalue weighted by Gasteiger charge is -2.18. The molecular weight excluding hydrogens is 332 g/mol. The fraction of sp³-hybridized carbons (Fsp3) is 0.450. The van der Waals surface area contributed by atoms with E-state index in [4.69, 9.17) is 10.5 Å². The van der Waals surface area contributed by atoms with Gasteiger partial charge in [-0.05, 0) is 48.9 Å². The average molecular weight is 356 g/mol. The molecule has 2 N–H and O–H groups in total. The van der Waals surface area contributed by atoms with E-state index in [1.807, 2.05) is 17.0 Å². The minimum Gasteiger partial charge on any atom is -0.497 e. The number of methoxy groups -OCH3 is 1. The van der Waals surface area contributed by atoms with Gasteiger partial charge in [-0.3, -0.25) is 4.79 Å². The van der Waals surface area contributed by atoms with Crippen molar-refractivity contribution in [2.75, 3.05) is 20.2 Å². The Kier molecular flexibility index (Phi) is 4.52. The van der Waals surface area contributed by atoms with E-state index in [1.165, 1.54) is 28.8 Å². The van der Waals surface area contributed by atoms with Crippen LogP contribution in [0.4, 0.5) is 0 Å². The third-order valence-corrected chi connectivity index (χ3v) is 6.58. The summed E-state index contributed by atoms with van der Waals surface area (Å²) in [6, 6.07) is 8.02. The molecule has 1 aliphatic heterocycles. The van der Waals surface area contributed by atoms with Crippen molar-refractivity contribution in [1.29, 1.82) is 0 Å². The summed E-state index contributed by atoms with van der Waals surface area (Å²) in [6.07, 6.45) is 4.61. The third-order valence-electron chi connectivity index (χ3n) is 5.49. The molecule has 132 valence electrons. The van der Waals surface area contributed by atoms with Gasteiger partial charge in [0.15, 0.2) is 0 Å². The zero-order valence-corrected chi connectivity index (χ0v) is 15.3. The van der Waals surface area contributed by atoms with Gasteiger partial charge >= 0.3 is 0 Å². The lowest BCUT2D eigenvalue weighted by Crippen LogP contribution is -2.32. The highest BCUT2D eigenvalue weighted by Gasteiger charge is 2.35. The van der Waals surface area contributed by atoms with Crippen LogP contribution in [-0.4, -0.2) is 37.0 Å². The topological polar surface area (TPSA) is 55.6 Å². The van der Waals surface area contributed by atoms with Crippen molar-refractivity contribution in [3.05, 3.63) is 51.2 Å². The van der Waals surface area contributed by atoms with Crippen molar-refractivity contribution in [3.63, 3.8) is 0 Å². The van der Waals surface area contributed by atoms with Crippen molar-refractivity contribution >= 4 is 17.2 Å². The Morgan fingerprint density at radius 3 is 2.72 bits per heavy atom. The summed E-state index contributed by atoms with van der Waals surface area (Å²) in [5, 5.41) is 2.06. The first-order valence-electron chi connectivity index (χ1n) is 8.95. The smallest absolute Gasteiger partial charge is 0.255 e. The Balaban J connectivity index is 1.52. The van der Waals surface area contributed by atoms with Crippen molar-refractivity contribution in [2.24, 2.45) is 5.73 Å². The highest BCUT2D eigenvalue weighted by Crippen LogP contribution is 2.33. The van der Waals surface area contributed by atoms with Crippen molar-refractivity contribution in [2.45, 2.75) is 37.6 Å².